The summed E-state index contributed by atoms with van der Waals surface area (Å²) >= 11 is 0. The Bertz CT molecular complexity index is 642. The quantitative estimate of drug-likeness (QED) is 0.853. The van der Waals surface area contributed by atoms with Gasteiger partial charge in [-0.2, -0.15) is 0 Å². The molecule has 0 atom stereocenters. The Balaban J connectivity index is 0.00000264. The maximum absolute atomic E-state index is 12.1. The molecule has 0 saturated carbocycles. The largest absolute Gasteiger partial charge is 0.496 e. The molecule has 2 aromatic rings. The van der Waals surface area contributed by atoms with E-state index in [1.54, 1.807) is 19.2 Å². The first-order valence-electron chi connectivity index (χ1n) is 7.34. The van der Waals surface area contributed by atoms with Crippen molar-refractivity contribution in [3.8, 4) is 5.75 Å². The normalized spacial score (nSPS) is 9.87. The lowest BCUT2D eigenvalue weighted by Gasteiger charge is -2.10. The fraction of sp³-hybridized carbons (Fsp3) is 0.278. The second-order valence-corrected chi connectivity index (χ2v) is 5.22. The Labute approximate surface area is 143 Å². The summed E-state index contributed by atoms with van der Waals surface area (Å²) in [7, 11) is 1.66. The van der Waals surface area contributed by atoms with Gasteiger partial charge in [0.25, 0.3) is 5.91 Å². The smallest absolute Gasteiger partial charge is 0.251 e. The molecule has 2 rings (SSSR count). The summed E-state index contributed by atoms with van der Waals surface area (Å²) in [5, 5.41) is 2.93. The summed E-state index contributed by atoms with van der Waals surface area (Å²) in [6.45, 7) is 3.09. The lowest BCUT2D eigenvalue weighted by Crippen LogP contribution is -2.25. The van der Waals surface area contributed by atoms with Crippen molar-refractivity contribution in [1.29, 1.82) is 0 Å². The van der Waals surface area contributed by atoms with Gasteiger partial charge >= 0.3 is 0 Å². The van der Waals surface area contributed by atoms with Crippen molar-refractivity contribution in [2.75, 3.05) is 13.7 Å². The van der Waals surface area contributed by atoms with E-state index in [-0.39, 0.29) is 18.3 Å². The molecule has 4 nitrogen and oxygen atoms in total. The first-order valence-corrected chi connectivity index (χ1v) is 7.34. The number of nitrogens with two attached hydrogens (primary N) is 1. The molecule has 2 aromatic carbocycles. The number of benzene rings is 2. The van der Waals surface area contributed by atoms with Crippen LogP contribution in [0.15, 0.2) is 42.5 Å². The SMILES string of the molecule is COc1ccc(C)cc1CCNC(=O)c1ccc(CN)cc1.Cl. The van der Waals surface area contributed by atoms with Gasteiger partial charge in [0.1, 0.15) is 5.75 Å². The highest BCUT2D eigenvalue weighted by molar-refractivity contribution is 5.94. The Morgan fingerprint density at radius 3 is 2.48 bits per heavy atom. The zero-order valence-corrected chi connectivity index (χ0v) is 14.3. The van der Waals surface area contributed by atoms with E-state index in [0.29, 0.717) is 18.7 Å². The van der Waals surface area contributed by atoms with Crippen molar-refractivity contribution in [2.45, 2.75) is 19.9 Å². The maximum atomic E-state index is 12.1. The highest BCUT2D eigenvalue weighted by atomic mass is 35.5. The third kappa shape index (κ3) is 5.27. The van der Waals surface area contributed by atoms with Gasteiger partial charge in [-0.1, -0.05) is 29.8 Å². The average Bonchev–Trinajstić information content (AvgIpc) is 2.55. The summed E-state index contributed by atoms with van der Waals surface area (Å²) < 4.78 is 5.34. The first-order chi connectivity index (χ1) is 10.6. The zero-order valence-electron chi connectivity index (χ0n) is 13.5. The van der Waals surface area contributed by atoms with Crippen LogP contribution in [0.1, 0.15) is 27.0 Å². The Kier molecular flexibility index (Phi) is 7.59. The van der Waals surface area contributed by atoms with E-state index in [2.05, 4.69) is 11.4 Å². The minimum atomic E-state index is -0.0739. The predicted molar refractivity (Wildman–Crippen MR) is 95.3 cm³/mol. The number of hydrogen-bond acceptors (Lipinski definition) is 3. The second kappa shape index (κ2) is 9.18. The summed E-state index contributed by atoms with van der Waals surface area (Å²) in [4.78, 5) is 12.1. The number of ether oxygens (including phenoxy) is 1. The molecule has 0 aliphatic heterocycles. The van der Waals surface area contributed by atoms with Gasteiger partial charge in [-0.25, -0.2) is 0 Å². The lowest BCUT2D eigenvalue weighted by atomic mass is 10.1. The molecule has 0 aliphatic rings. The van der Waals surface area contributed by atoms with Crippen LogP contribution in [0.3, 0.4) is 0 Å². The highest BCUT2D eigenvalue weighted by Gasteiger charge is 2.07. The van der Waals surface area contributed by atoms with Crippen LogP contribution in [-0.2, 0) is 13.0 Å². The first kappa shape index (κ1) is 19.0. The maximum Gasteiger partial charge on any atom is 0.251 e. The Morgan fingerprint density at radius 1 is 1.17 bits per heavy atom. The fourth-order valence-corrected chi connectivity index (χ4v) is 2.31. The van der Waals surface area contributed by atoms with Crippen LogP contribution >= 0.6 is 12.4 Å². The molecular weight excluding hydrogens is 312 g/mol. The van der Waals surface area contributed by atoms with E-state index in [0.717, 1.165) is 23.3 Å². The van der Waals surface area contributed by atoms with Crippen LogP contribution in [0, 0.1) is 6.92 Å². The minimum Gasteiger partial charge on any atom is -0.496 e. The number of aryl methyl sites for hydroxylation is 1. The van der Waals surface area contributed by atoms with Crippen molar-refractivity contribution >= 4 is 18.3 Å². The number of amides is 1. The number of nitrogens with one attached hydrogen (secondary N) is 1. The molecule has 124 valence electrons. The zero-order chi connectivity index (χ0) is 15.9. The predicted octanol–water partition coefficient (Wildman–Crippen LogP) is 2.86. The summed E-state index contributed by atoms with van der Waals surface area (Å²) in [5.74, 6) is 0.780. The molecular formula is C18H23ClN2O2. The molecule has 0 aromatic heterocycles. The molecule has 23 heavy (non-hydrogen) atoms. The second-order valence-electron chi connectivity index (χ2n) is 5.22. The lowest BCUT2D eigenvalue weighted by molar-refractivity contribution is 0.0954. The van der Waals surface area contributed by atoms with Gasteiger partial charge < -0.3 is 15.8 Å². The van der Waals surface area contributed by atoms with Crippen molar-refractivity contribution in [3.63, 3.8) is 0 Å². The topological polar surface area (TPSA) is 64.3 Å². The molecule has 0 radical (unpaired) electrons. The van der Waals surface area contributed by atoms with Crippen molar-refractivity contribution in [1.82, 2.24) is 5.32 Å². The molecule has 0 heterocycles. The summed E-state index contributed by atoms with van der Waals surface area (Å²) in [6, 6.07) is 13.4. The van der Waals surface area contributed by atoms with E-state index >= 15 is 0 Å². The summed E-state index contributed by atoms with van der Waals surface area (Å²) in [6.07, 6.45) is 0.734. The fourth-order valence-electron chi connectivity index (χ4n) is 2.31. The number of hydrogen-bond donors (Lipinski definition) is 2. The number of carbonyl (C=O) groups is 1. The van der Waals surface area contributed by atoms with Crippen LogP contribution in [-0.4, -0.2) is 19.6 Å². The molecule has 5 heteroatoms. The van der Waals surface area contributed by atoms with Crippen LogP contribution in [0.4, 0.5) is 0 Å². The van der Waals surface area contributed by atoms with Crippen molar-refractivity contribution < 1.29 is 9.53 Å². The van der Waals surface area contributed by atoms with Gasteiger partial charge in [-0.05, 0) is 42.7 Å². The molecule has 0 unspecified atom stereocenters. The highest BCUT2D eigenvalue weighted by Crippen LogP contribution is 2.19. The number of rotatable bonds is 6. The molecule has 0 saturated heterocycles. The van der Waals surface area contributed by atoms with Gasteiger partial charge in [0.05, 0.1) is 7.11 Å². The number of carbonyl (C=O) groups excluding carboxylic acids is 1. The van der Waals surface area contributed by atoms with Crippen LogP contribution < -0.4 is 15.8 Å². The molecule has 0 bridgehead atoms. The van der Waals surface area contributed by atoms with E-state index in [4.69, 9.17) is 10.5 Å². The molecule has 0 spiro atoms. The van der Waals surface area contributed by atoms with Gasteiger partial charge in [0.2, 0.25) is 0 Å². The van der Waals surface area contributed by atoms with Gasteiger partial charge in [0.15, 0.2) is 0 Å². The average molecular weight is 335 g/mol. The third-order valence-electron chi connectivity index (χ3n) is 3.57. The molecule has 0 aliphatic carbocycles. The third-order valence-corrected chi connectivity index (χ3v) is 3.57. The number of methoxy groups -OCH3 is 1. The number of halogens is 1. The van der Waals surface area contributed by atoms with Crippen molar-refractivity contribution in [2.24, 2.45) is 5.73 Å². The van der Waals surface area contributed by atoms with E-state index < -0.39 is 0 Å². The molecule has 1 amide bonds. The van der Waals surface area contributed by atoms with Crippen LogP contribution in [0.5, 0.6) is 5.75 Å². The van der Waals surface area contributed by atoms with Crippen molar-refractivity contribution in [3.05, 3.63) is 64.7 Å². The summed E-state index contributed by atoms with van der Waals surface area (Å²) in [5.41, 5.74) is 9.49. The van der Waals surface area contributed by atoms with Crippen LogP contribution in [0.25, 0.3) is 0 Å². The molecule has 3 N–H and O–H groups in total. The Morgan fingerprint density at radius 2 is 1.87 bits per heavy atom. The standard InChI is InChI=1S/C18H22N2O2.ClH/c1-13-3-8-17(22-2)16(11-13)9-10-20-18(21)15-6-4-14(12-19)5-7-15;/h3-8,11H,9-10,12,19H2,1-2H3,(H,20,21);1H. The monoisotopic (exact) mass is 334 g/mol. The van der Waals surface area contributed by atoms with Gasteiger partial charge in [-0.15, -0.1) is 12.4 Å². The van der Waals surface area contributed by atoms with Crippen LogP contribution in [0.2, 0.25) is 0 Å². The van der Waals surface area contributed by atoms with E-state index in [1.165, 1.54) is 5.56 Å². The molecule has 0 fully saturated rings. The minimum absolute atomic E-state index is 0. The Hall–Kier alpha value is -2.04. The van der Waals surface area contributed by atoms with Gasteiger partial charge in [0, 0.05) is 18.7 Å². The van der Waals surface area contributed by atoms with E-state index in [1.807, 2.05) is 31.2 Å². The van der Waals surface area contributed by atoms with Gasteiger partial charge in [-0.3, -0.25) is 4.79 Å². The van der Waals surface area contributed by atoms with E-state index in [9.17, 15) is 4.79 Å².